The minimum Gasteiger partial charge on any atom is -0.266 e. The van der Waals surface area contributed by atoms with E-state index < -0.39 is 44.1 Å². The standard InChI is InChI=1S/C16H11F6NO2S/c17-12-4-3-10(7-11(12)16(20,21)22)26(24,25)23-5-1-2-9-6-13(18)14(19)8-15(9)23/h3-4,6-8H,1-2,5H2. The van der Waals surface area contributed by atoms with Gasteiger partial charge < -0.3 is 0 Å². The van der Waals surface area contributed by atoms with E-state index in [9.17, 15) is 34.8 Å². The lowest BCUT2D eigenvalue weighted by Gasteiger charge is -2.30. The topological polar surface area (TPSA) is 37.4 Å². The van der Waals surface area contributed by atoms with Crippen LogP contribution in [0.5, 0.6) is 0 Å². The van der Waals surface area contributed by atoms with Crippen LogP contribution in [-0.4, -0.2) is 15.0 Å². The van der Waals surface area contributed by atoms with Crippen molar-refractivity contribution in [1.82, 2.24) is 0 Å². The van der Waals surface area contributed by atoms with E-state index in [1.54, 1.807) is 0 Å². The number of alkyl halides is 3. The van der Waals surface area contributed by atoms with Crippen LogP contribution in [0.2, 0.25) is 0 Å². The van der Waals surface area contributed by atoms with Gasteiger partial charge in [-0.1, -0.05) is 0 Å². The summed E-state index contributed by atoms with van der Waals surface area (Å²) in [6.45, 7) is -0.126. The fraction of sp³-hybridized carbons (Fsp3) is 0.250. The summed E-state index contributed by atoms with van der Waals surface area (Å²) in [7, 11) is -4.53. The quantitative estimate of drug-likeness (QED) is 0.713. The van der Waals surface area contributed by atoms with Gasteiger partial charge in [0.25, 0.3) is 10.0 Å². The first-order chi connectivity index (χ1) is 12.0. The Bertz CT molecular complexity index is 971. The molecule has 3 nitrogen and oxygen atoms in total. The maximum atomic E-state index is 13.5. The van der Waals surface area contributed by atoms with Gasteiger partial charge in [-0.25, -0.2) is 21.6 Å². The van der Waals surface area contributed by atoms with Crippen LogP contribution in [0.3, 0.4) is 0 Å². The molecule has 0 atom stereocenters. The van der Waals surface area contributed by atoms with E-state index in [1.165, 1.54) is 0 Å². The second-order valence-electron chi connectivity index (χ2n) is 5.72. The summed E-state index contributed by atoms with van der Waals surface area (Å²) in [6.07, 6.45) is -4.52. The Morgan fingerprint density at radius 3 is 2.23 bits per heavy atom. The number of nitrogens with zero attached hydrogens (tertiary/aromatic N) is 1. The van der Waals surface area contributed by atoms with Crippen LogP contribution in [0.15, 0.2) is 35.2 Å². The number of anilines is 1. The zero-order chi connectivity index (χ0) is 19.3. The molecule has 2 aromatic rings. The van der Waals surface area contributed by atoms with Crippen molar-refractivity contribution in [2.45, 2.75) is 23.9 Å². The molecule has 0 amide bonds. The molecule has 0 unspecified atom stereocenters. The van der Waals surface area contributed by atoms with E-state index in [1.807, 2.05) is 0 Å². The molecule has 2 aromatic carbocycles. The van der Waals surface area contributed by atoms with Gasteiger partial charge in [0, 0.05) is 12.6 Å². The maximum Gasteiger partial charge on any atom is 0.419 e. The van der Waals surface area contributed by atoms with Gasteiger partial charge in [0.2, 0.25) is 0 Å². The Balaban J connectivity index is 2.13. The molecule has 10 heteroatoms. The van der Waals surface area contributed by atoms with Gasteiger partial charge in [0.05, 0.1) is 16.1 Å². The second kappa shape index (κ2) is 6.19. The molecule has 3 rings (SSSR count). The Kier molecular flexibility index (Phi) is 4.41. The molecular formula is C16H11F6NO2S. The van der Waals surface area contributed by atoms with Gasteiger partial charge in [0.15, 0.2) is 11.6 Å². The van der Waals surface area contributed by atoms with Crippen LogP contribution in [-0.2, 0) is 22.6 Å². The predicted octanol–water partition coefficient (Wildman–Crippen LogP) is 4.26. The van der Waals surface area contributed by atoms with Gasteiger partial charge in [-0.05, 0) is 42.7 Å². The fourth-order valence-electron chi connectivity index (χ4n) is 2.80. The summed E-state index contributed by atoms with van der Waals surface area (Å²) in [5.74, 6) is -4.03. The molecule has 0 bridgehead atoms. The minimum absolute atomic E-state index is 0.126. The summed E-state index contributed by atoms with van der Waals surface area (Å²) in [5, 5.41) is 0. The molecule has 26 heavy (non-hydrogen) atoms. The van der Waals surface area contributed by atoms with Gasteiger partial charge in [0.1, 0.15) is 5.82 Å². The summed E-state index contributed by atoms with van der Waals surface area (Å²) >= 11 is 0. The normalized spacial score (nSPS) is 15.1. The first-order valence-corrected chi connectivity index (χ1v) is 8.83. The first kappa shape index (κ1) is 18.6. The van der Waals surface area contributed by atoms with E-state index in [4.69, 9.17) is 0 Å². The molecule has 1 aliphatic rings. The highest BCUT2D eigenvalue weighted by atomic mass is 32.2. The van der Waals surface area contributed by atoms with Crippen molar-refractivity contribution in [2.75, 3.05) is 10.8 Å². The van der Waals surface area contributed by atoms with Gasteiger partial charge in [-0.15, -0.1) is 0 Å². The predicted molar refractivity (Wildman–Crippen MR) is 80.6 cm³/mol. The van der Waals surface area contributed by atoms with Crippen LogP contribution in [0, 0.1) is 17.5 Å². The molecule has 0 saturated carbocycles. The third-order valence-electron chi connectivity index (χ3n) is 4.03. The molecule has 0 aliphatic carbocycles. The number of fused-ring (bicyclic) bond motifs is 1. The summed E-state index contributed by atoms with van der Waals surface area (Å²) in [5.41, 5.74) is -1.65. The first-order valence-electron chi connectivity index (χ1n) is 7.39. The maximum absolute atomic E-state index is 13.5. The molecule has 140 valence electrons. The van der Waals surface area contributed by atoms with Crippen molar-refractivity contribution < 1.29 is 34.8 Å². The molecule has 1 heterocycles. The van der Waals surface area contributed by atoms with E-state index in [0.717, 1.165) is 6.07 Å². The zero-order valence-corrected chi connectivity index (χ0v) is 13.8. The van der Waals surface area contributed by atoms with Crippen LogP contribution >= 0.6 is 0 Å². The van der Waals surface area contributed by atoms with Gasteiger partial charge in [-0.3, -0.25) is 4.31 Å². The molecule has 0 N–H and O–H groups in total. The zero-order valence-electron chi connectivity index (χ0n) is 12.9. The molecule has 0 fully saturated rings. The fourth-order valence-corrected chi connectivity index (χ4v) is 4.36. The number of rotatable bonds is 2. The van der Waals surface area contributed by atoms with Crippen LogP contribution in [0.4, 0.5) is 32.0 Å². The number of aryl methyl sites for hydroxylation is 1. The van der Waals surface area contributed by atoms with Crippen molar-refractivity contribution in [3.8, 4) is 0 Å². The van der Waals surface area contributed by atoms with Crippen LogP contribution < -0.4 is 4.31 Å². The highest BCUT2D eigenvalue weighted by Crippen LogP contribution is 2.36. The minimum atomic E-state index is -5.08. The molecule has 0 saturated heterocycles. The van der Waals surface area contributed by atoms with Crippen molar-refractivity contribution in [3.05, 3.63) is 58.9 Å². The smallest absolute Gasteiger partial charge is 0.266 e. The molecule has 0 radical (unpaired) electrons. The molecular weight excluding hydrogens is 384 g/mol. The van der Waals surface area contributed by atoms with Gasteiger partial charge in [-0.2, -0.15) is 13.2 Å². The number of sulfonamides is 1. The Morgan fingerprint density at radius 1 is 0.923 bits per heavy atom. The monoisotopic (exact) mass is 395 g/mol. The van der Waals surface area contributed by atoms with Crippen molar-refractivity contribution in [3.63, 3.8) is 0 Å². The van der Waals surface area contributed by atoms with E-state index in [0.29, 0.717) is 22.5 Å². The summed E-state index contributed by atoms with van der Waals surface area (Å²) in [6, 6.07) is 2.85. The number of benzene rings is 2. The largest absolute Gasteiger partial charge is 0.419 e. The lowest BCUT2D eigenvalue weighted by atomic mass is 10.0. The average molecular weight is 395 g/mol. The third-order valence-corrected chi connectivity index (χ3v) is 5.84. The lowest BCUT2D eigenvalue weighted by Crippen LogP contribution is -2.36. The number of hydrogen-bond acceptors (Lipinski definition) is 2. The van der Waals surface area contributed by atoms with Crippen molar-refractivity contribution >= 4 is 15.7 Å². The number of hydrogen-bond donors (Lipinski definition) is 0. The highest BCUT2D eigenvalue weighted by molar-refractivity contribution is 7.92. The molecule has 0 aromatic heterocycles. The Morgan fingerprint density at radius 2 is 1.58 bits per heavy atom. The van der Waals surface area contributed by atoms with E-state index in [-0.39, 0.29) is 36.7 Å². The molecule has 1 aliphatic heterocycles. The van der Waals surface area contributed by atoms with Gasteiger partial charge >= 0.3 is 6.18 Å². The lowest BCUT2D eigenvalue weighted by molar-refractivity contribution is -0.140. The third kappa shape index (κ3) is 3.13. The average Bonchev–Trinajstić information content (AvgIpc) is 2.54. The second-order valence-corrected chi connectivity index (χ2v) is 7.58. The Hall–Kier alpha value is -2.23. The number of halogens is 6. The van der Waals surface area contributed by atoms with E-state index >= 15 is 0 Å². The van der Waals surface area contributed by atoms with Crippen LogP contribution in [0.25, 0.3) is 0 Å². The van der Waals surface area contributed by atoms with Crippen molar-refractivity contribution in [1.29, 1.82) is 0 Å². The summed E-state index contributed by atoms with van der Waals surface area (Å²) < 4.78 is 105. The van der Waals surface area contributed by atoms with Crippen molar-refractivity contribution in [2.24, 2.45) is 0 Å². The SMILES string of the molecule is O=S(=O)(c1ccc(F)c(C(F)(F)F)c1)N1CCCc2cc(F)c(F)cc21. The van der Waals surface area contributed by atoms with E-state index in [2.05, 4.69) is 0 Å². The van der Waals surface area contributed by atoms with Crippen LogP contribution in [0.1, 0.15) is 17.5 Å². The molecule has 0 spiro atoms. The highest BCUT2D eigenvalue weighted by Gasteiger charge is 2.37. The summed E-state index contributed by atoms with van der Waals surface area (Å²) in [4.78, 5) is -0.788. The Labute approximate surface area is 144 Å².